The monoisotopic (exact) mass is 336 g/mol. The maximum Gasteiger partial charge on any atom is 0.226 e. The summed E-state index contributed by atoms with van der Waals surface area (Å²) >= 11 is 0. The summed E-state index contributed by atoms with van der Waals surface area (Å²) in [5.74, 6) is 1.23. The Morgan fingerprint density at radius 3 is 2.78 bits per heavy atom. The van der Waals surface area contributed by atoms with E-state index in [0.29, 0.717) is 24.5 Å². The molecule has 4 rings (SSSR count). The molecule has 3 aliphatic rings. The molecule has 0 saturated carbocycles. The standard InChI is InChI=1S/C18H24N2O2.ClH/c1-20(16-10-14-3-4-15(11-16)19-14)18(21)9-12-2-5-17-13(8-12)6-7-22-17;/h2,5,8,14-16,19H,3-4,6-7,9-11H2,1H3;1H. The Bertz CT molecular complexity index is 580. The second-order valence-electron chi connectivity index (χ2n) is 6.99. The maximum absolute atomic E-state index is 12.6. The quantitative estimate of drug-likeness (QED) is 0.921. The van der Waals surface area contributed by atoms with Gasteiger partial charge in [0.25, 0.3) is 0 Å². The maximum atomic E-state index is 12.6. The van der Waals surface area contributed by atoms with Crippen LogP contribution in [0.2, 0.25) is 0 Å². The molecule has 2 fully saturated rings. The van der Waals surface area contributed by atoms with Crippen LogP contribution in [-0.4, -0.2) is 42.6 Å². The Morgan fingerprint density at radius 1 is 1.30 bits per heavy atom. The van der Waals surface area contributed by atoms with Crippen LogP contribution in [0.15, 0.2) is 18.2 Å². The van der Waals surface area contributed by atoms with E-state index in [1.165, 1.54) is 18.4 Å². The van der Waals surface area contributed by atoms with Crippen LogP contribution in [0.25, 0.3) is 0 Å². The van der Waals surface area contributed by atoms with Crippen LogP contribution >= 0.6 is 12.4 Å². The van der Waals surface area contributed by atoms with E-state index < -0.39 is 0 Å². The van der Waals surface area contributed by atoms with Gasteiger partial charge in [-0.1, -0.05) is 12.1 Å². The number of carbonyl (C=O) groups excluding carboxylic acids is 1. The van der Waals surface area contributed by atoms with Crippen molar-refractivity contribution in [2.45, 2.75) is 56.7 Å². The molecule has 126 valence electrons. The topological polar surface area (TPSA) is 41.6 Å². The third kappa shape index (κ3) is 3.33. The molecular formula is C18H25ClN2O2. The third-order valence-electron chi connectivity index (χ3n) is 5.50. The Hall–Kier alpha value is -1.26. The number of nitrogens with zero attached hydrogens (tertiary/aromatic N) is 1. The zero-order valence-corrected chi connectivity index (χ0v) is 14.4. The van der Waals surface area contributed by atoms with Gasteiger partial charge < -0.3 is 15.0 Å². The van der Waals surface area contributed by atoms with Crippen molar-refractivity contribution in [3.05, 3.63) is 29.3 Å². The molecule has 0 aromatic heterocycles. The van der Waals surface area contributed by atoms with Gasteiger partial charge in [-0.25, -0.2) is 0 Å². The lowest BCUT2D eigenvalue weighted by Crippen LogP contribution is -2.49. The number of nitrogens with one attached hydrogen (secondary N) is 1. The van der Waals surface area contributed by atoms with Crippen LogP contribution in [0.4, 0.5) is 0 Å². The Morgan fingerprint density at radius 2 is 2.04 bits per heavy atom. The van der Waals surface area contributed by atoms with Crippen molar-refractivity contribution in [2.24, 2.45) is 0 Å². The van der Waals surface area contributed by atoms with E-state index in [1.54, 1.807) is 0 Å². The summed E-state index contributed by atoms with van der Waals surface area (Å²) in [5.41, 5.74) is 2.35. The molecule has 2 bridgehead atoms. The second kappa shape index (κ2) is 6.70. The zero-order chi connectivity index (χ0) is 15.1. The largest absolute Gasteiger partial charge is 0.493 e. The first-order valence-corrected chi connectivity index (χ1v) is 8.45. The Kier molecular flexibility index (Phi) is 4.83. The molecule has 23 heavy (non-hydrogen) atoms. The molecule has 2 unspecified atom stereocenters. The first-order valence-electron chi connectivity index (χ1n) is 8.45. The van der Waals surface area contributed by atoms with E-state index in [9.17, 15) is 4.79 Å². The fourth-order valence-corrected chi connectivity index (χ4v) is 4.20. The van der Waals surface area contributed by atoms with Crippen LogP contribution in [0.3, 0.4) is 0 Å². The third-order valence-corrected chi connectivity index (χ3v) is 5.50. The lowest BCUT2D eigenvalue weighted by Gasteiger charge is -2.35. The molecule has 4 nitrogen and oxygen atoms in total. The normalized spacial score (nSPS) is 27.8. The van der Waals surface area contributed by atoms with Crippen LogP contribution in [0, 0.1) is 0 Å². The molecule has 3 heterocycles. The molecule has 2 atom stereocenters. The van der Waals surface area contributed by atoms with Gasteiger partial charge in [-0.2, -0.15) is 0 Å². The van der Waals surface area contributed by atoms with Crippen LogP contribution in [0.5, 0.6) is 5.75 Å². The van der Waals surface area contributed by atoms with E-state index in [-0.39, 0.29) is 18.3 Å². The lowest BCUT2D eigenvalue weighted by atomic mass is 9.97. The highest BCUT2D eigenvalue weighted by Gasteiger charge is 2.36. The van der Waals surface area contributed by atoms with Crippen molar-refractivity contribution in [3.8, 4) is 5.75 Å². The van der Waals surface area contributed by atoms with E-state index in [4.69, 9.17) is 4.74 Å². The summed E-state index contributed by atoms with van der Waals surface area (Å²) in [6, 6.07) is 7.83. The smallest absolute Gasteiger partial charge is 0.226 e. The average molecular weight is 337 g/mol. The highest BCUT2D eigenvalue weighted by atomic mass is 35.5. The highest BCUT2D eigenvalue weighted by molar-refractivity contribution is 5.85. The van der Waals surface area contributed by atoms with Crippen LogP contribution in [0.1, 0.15) is 36.8 Å². The molecule has 5 heteroatoms. The van der Waals surface area contributed by atoms with Crippen molar-refractivity contribution in [1.29, 1.82) is 0 Å². The number of amides is 1. The van der Waals surface area contributed by atoms with E-state index in [1.807, 2.05) is 24.1 Å². The van der Waals surface area contributed by atoms with Crippen molar-refractivity contribution < 1.29 is 9.53 Å². The van der Waals surface area contributed by atoms with Crippen LogP contribution < -0.4 is 10.1 Å². The number of rotatable bonds is 3. The van der Waals surface area contributed by atoms with Crippen LogP contribution in [-0.2, 0) is 17.6 Å². The van der Waals surface area contributed by atoms with Gasteiger partial charge in [-0.3, -0.25) is 4.79 Å². The minimum atomic E-state index is 0. The number of carbonyl (C=O) groups is 1. The lowest BCUT2D eigenvalue weighted by molar-refractivity contribution is -0.131. The number of fused-ring (bicyclic) bond motifs is 3. The minimum absolute atomic E-state index is 0. The summed E-state index contributed by atoms with van der Waals surface area (Å²) in [7, 11) is 1.98. The molecular weight excluding hydrogens is 312 g/mol. The van der Waals surface area contributed by atoms with Gasteiger partial charge >= 0.3 is 0 Å². The first kappa shape index (κ1) is 16.6. The van der Waals surface area contributed by atoms with Crippen molar-refractivity contribution in [1.82, 2.24) is 10.2 Å². The van der Waals surface area contributed by atoms with Crippen molar-refractivity contribution >= 4 is 18.3 Å². The number of benzene rings is 1. The predicted molar refractivity (Wildman–Crippen MR) is 92.3 cm³/mol. The fraction of sp³-hybridized carbons (Fsp3) is 0.611. The Balaban J connectivity index is 0.00000156. The molecule has 1 aromatic rings. The van der Waals surface area contributed by atoms with Gasteiger partial charge in [0.2, 0.25) is 5.91 Å². The van der Waals surface area contributed by atoms with Gasteiger partial charge in [0.15, 0.2) is 0 Å². The second-order valence-corrected chi connectivity index (χ2v) is 6.99. The summed E-state index contributed by atoms with van der Waals surface area (Å²) in [6.07, 6.45) is 6.23. The number of ether oxygens (including phenoxy) is 1. The van der Waals surface area contributed by atoms with E-state index >= 15 is 0 Å². The average Bonchev–Trinajstić information content (AvgIpc) is 3.12. The summed E-state index contributed by atoms with van der Waals surface area (Å²) in [4.78, 5) is 14.6. The van der Waals surface area contributed by atoms with E-state index in [0.717, 1.165) is 37.2 Å². The summed E-state index contributed by atoms with van der Waals surface area (Å²) in [6.45, 7) is 0.768. The predicted octanol–water partition coefficient (Wildman–Crippen LogP) is 2.33. The fourth-order valence-electron chi connectivity index (χ4n) is 4.20. The first-order chi connectivity index (χ1) is 10.7. The van der Waals surface area contributed by atoms with E-state index in [2.05, 4.69) is 11.4 Å². The molecule has 1 amide bonds. The molecule has 1 aromatic carbocycles. The SMILES string of the molecule is CN(C(=O)Cc1ccc2c(c1)CCO2)C1CC2CCC(C1)N2.Cl. The zero-order valence-electron chi connectivity index (χ0n) is 13.6. The molecule has 2 saturated heterocycles. The summed E-state index contributed by atoms with van der Waals surface area (Å²) in [5, 5.41) is 3.64. The van der Waals surface area contributed by atoms with Gasteiger partial charge in [-0.05, 0) is 42.9 Å². The number of piperidine rings is 1. The number of hydrogen-bond donors (Lipinski definition) is 1. The van der Waals surface area contributed by atoms with Gasteiger partial charge in [0.1, 0.15) is 5.75 Å². The van der Waals surface area contributed by atoms with Crippen molar-refractivity contribution in [3.63, 3.8) is 0 Å². The number of hydrogen-bond acceptors (Lipinski definition) is 3. The minimum Gasteiger partial charge on any atom is -0.493 e. The number of likely N-dealkylation sites (N-methyl/N-ethyl adjacent to an activating group) is 1. The molecule has 0 spiro atoms. The van der Waals surface area contributed by atoms with Gasteiger partial charge in [0, 0.05) is 31.6 Å². The Labute approximate surface area is 144 Å². The summed E-state index contributed by atoms with van der Waals surface area (Å²) < 4.78 is 5.53. The molecule has 0 radical (unpaired) electrons. The molecule has 1 N–H and O–H groups in total. The number of halogens is 1. The molecule has 0 aliphatic carbocycles. The molecule has 3 aliphatic heterocycles. The van der Waals surface area contributed by atoms with Gasteiger partial charge in [0.05, 0.1) is 13.0 Å². The van der Waals surface area contributed by atoms with Crippen molar-refractivity contribution in [2.75, 3.05) is 13.7 Å². The highest BCUT2D eigenvalue weighted by Crippen LogP contribution is 2.30. The van der Waals surface area contributed by atoms with Gasteiger partial charge in [-0.15, -0.1) is 12.4 Å².